The molecule has 4 nitrogen and oxygen atoms in total. The first-order chi connectivity index (χ1) is 10.5. The Morgan fingerprint density at radius 1 is 1.00 bits per heavy atom. The molecule has 122 valence electrons. The van der Waals surface area contributed by atoms with Crippen molar-refractivity contribution >= 4 is 35.1 Å². The highest BCUT2D eigenvalue weighted by atomic mass is 35.5. The summed E-state index contributed by atoms with van der Waals surface area (Å²) in [7, 11) is 0. The second-order valence-electron chi connectivity index (χ2n) is 5.16. The highest BCUT2D eigenvalue weighted by Gasteiger charge is 2.03. The van der Waals surface area contributed by atoms with Gasteiger partial charge in [0.2, 0.25) is 5.91 Å². The van der Waals surface area contributed by atoms with Gasteiger partial charge in [-0.1, -0.05) is 35.7 Å². The van der Waals surface area contributed by atoms with Gasteiger partial charge in [-0.15, -0.1) is 0 Å². The molecule has 0 aliphatic heterocycles. The van der Waals surface area contributed by atoms with Crippen LogP contribution in [0, 0.1) is 0 Å². The highest BCUT2D eigenvalue weighted by Crippen LogP contribution is 2.23. The maximum atomic E-state index is 11.6. The minimum absolute atomic E-state index is 0.0262. The summed E-state index contributed by atoms with van der Waals surface area (Å²) in [5, 5.41) is 12.4. The van der Waals surface area contributed by atoms with E-state index in [1.54, 1.807) is 6.07 Å². The molecular formula is C16H21Cl2NO3. The third-order valence-corrected chi connectivity index (χ3v) is 3.98. The number of halogens is 2. The summed E-state index contributed by atoms with van der Waals surface area (Å²) in [4.78, 5) is 22.0. The molecule has 1 amide bonds. The van der Waals surface area contributed by atoms with E-state index in [2.05, 4.69) is 5.32 Å². The van der Waals surface area contributed by atoms with Gasteiger partial charge in [0.1, 0.15) is 0 Å². The van der Waals surface area contributed by atoms with Gasteiger partial charge in [0, 0.05) is 19.4 Å². The number of amides is 1. The number of hydrogen-bond donors (Lipinski definition) is 2. The first kappa shape index (κ1) is 18.8. The topological polar surface area (TPSA) is 66.4 Å². The van der Waals surface area contributed by atoms with Crippen LogP contribution in [-0.4, -0.2) is 23.5 Å². The van der Waals surface area contributed by atoms with Crippen molar-refractivity contribution < 1.29 is 14.7 Å². The molecule has 0 aromatic heterocycles. The Morgan fingerprint density at radius 2 is 1.77 bits per heavy atom. The first-order valence-electron chi connectivity index (χ1n) is 7.41. The number of unbranched alkanes of at least 4 members (excludes halogenated alkanes) is 2. The lowest BCUT2D eigenvalue weighted by Crippen LogP contribution is -2.24. The van der Waals surface area contributed by atoms with E-state index in [1.165, 1.54) is 0 Å². The fourth-order valence-electron chi connectivity index (χ4n) is 2.04. The molecule has 0 saturated heterocycles. The van der Waals surface area contributed by atoms with E-state index in [0.717, 1.165) is 31.2 Å². The molecule has 6 heteroatoms. The number of nitrogens with one attached hydrogen (secondary N) is 1. The molecule has 0 heterocycles. The number of carbonyl (C=O) groups excluding carboxylic acids is 1. The number of aliphatic carboxylic acids is 1. The van der Waals surface area contributed by atoms with Crippen LogP contribution >= 0.6 is 23.2 Å². The van der Waals surface area contributed by atoms with Gasteiger partial charge in [0.15, 0.2) is 0 Å². The molecule has 0 saturated carbocycles. The third-order valence-electron chi connectivity index (χ3n) is 3.24. The summed E-state index contributed by atoms with van der Waals surface area (Å²) in [5.41, 5.74) is 1.07. The van der Waals surface area contributed by atoms with Crippen molar-refractivity contribution in [2.75, 3.05) is 6.54 Å². The predicted octanol–water partition coefficient (Wildman–Crippen LogP) is 4.08. The molecule has 0 spiro atoms. The van der Waals surface area contributed by atoms with Crippen molar-refractivity contribution in [1.82, 2.24) is 5.32 Å². The molecule has 0 fully saturated rings. The van der Waals surface area contributed by atoms with E-state index in [4.69, 9.17) is 28.3 Å². The van der Waals surface area contributed by atoms with Crippen LogP contribution in [0.1, 0.15) is 44.1 Å². The SMILES string of the molecule is O=C(O)CCCCCNC(=O)CCCc1ccc(Cl)c(Cl)c1. The van der Waals surface area contributed by atoms with Gasteiger partial charge in [-0.25, -0.2) is 0 Å². The highest BCUT2D eigenvalue weighted by molar-refractivity contribution is 6.42. The van der Waals surface area contributed by atoms with Gasteiger partial charge in [-0.2, -0.15) is 0 Å². The molecule has 0 atom stereocenters. The number of carbonyl (C=O) groups is 2. The molecule has 0 radical (unpaired) electrons. The molecule has 1 aromatic carbocycles. The summed E-state index contributed by atoms with van der Waals surface area (Å²) in [6, 6.07) is 5.50. The van der Waals surface area contributed by atoms with Crippen LogP contribution in [0.5, 0.6) is 0 Å². The lowest BCUT2D eigenvalue weighted by atomic mass is 10.1. The van der Waals surface area contributed by atoms with Gasteiger partial charge in [0.05, 0.1) is 10.0 Å². The van der Waals surface area contributed by atoms with Gasteiger partial charge in [0.25, 0.3) is 0 Å². The Morgan fingerprint density at radius 3 is 2.45 bits per heavy atom. The van der Waals surface area contributed by atoms with Crippen LogP contribution in [0.4, 0.5) is 0 Å². The van der Waals surface area contributed by atoms with Crippen molar-refractivity contribution in [1.29, 1.82) is 0 Å². The number of carboxylic acid groups (broad SMARTS) is 1. The summed E-state index contributed by atoms with van der Waals surface area (Å²) < 4.78 is 0. The third kappa shape index (κ3) is 8.25. The lowest BCUT2D eigenvalue weighted by molar-refractivity contribution is -0.137. The van der Waals surface area contributed by atoms with Crippen molar-refractivity contribution in [2.24, 2.45) is 0 Å². The van der Waals surface area contributed by atoms with Crippen LogP contribution < -0.4 is 5.32 Å². The van der Waals surface area contributed by atoms with Crippen LogP contribution in [-0.2, 0) is 16.0 Å². The minimum Gasteiger partial charge on any atom is -0.481 e. The van der Waals surface area contributed by atoms with Gasteiger partial charge >= 0.3 is 5.97 Å². The Hall–Kier alpha value is -1.26. The lowest BCUT2D eigenvalue weighted by Gasteiger charge is -2.06. The van der Waals surface area contributed by atoms with E-state index < -0.39 is 5.97 Å². The molecule has 0 unspecified atom stereocenters. The van der Waals surface area contributed by atoms with Crippen LogP contribution in [0.3, 0.4) is 0 Å². The normalized spacial score (nSPS) is 10.5. The first-order valence-corrected chi connectivity index (χ1v) is 8.17. The van der Waals surface area contributed by atoms with Crippen LogP contribution in [0.2, 0.25) is 10.0 Å². The van der Waals surface area contributed by atoms with Crippen LogP contribution in [0.15, 0.2) is 18.2 Å². The monoisotopic (exact) mass is 345 g/mol. The zero-order valence-corrected chi connectivity index (χ0v) is 13.9. The van der Waals surface area contributed by atoms with Gasteiger partial charge in [-0.3, -0.25) is 9.59 Å². The second-order valence-corrected chi connectivity index (χ2v) is 5.97. The van der Waals surface area contributed by atoms with E-state index in [1.807, 2.05) is 12.1 Å². The molecule has 0 bridgehead atoms. The molecule has 2 N–H and O–H groups in total. The molecule has 0 aliphatic carbocycles. The zero-order valence-electron chi connectivity index (χ0n) is 12.4. The van der Waals surface area contributed by atoms with Gasteiger partial charge in [-0.05, 0) is 43.4 Å². The average Bonchev–Trinajstić information content (AvgIpc) is 2.46. The number of rotatable bonds is 10. The Kier molecular flexibility index (Phi) is 8.94. The average molecular weight is 346 g/mol. The second kappa shape index (κ2) is 10.5. The molecule has 1 aromatic rings. The predicted molar refractivity (Wildman–Crippen MR) is 88.5 cm³/mol. The maximum Gasteiger partial charge on any atom is 0.303 e. The summed E-state index contributed by atoms with van der Waals surface area (Å²) in [6.45, 7) is 0.602. The van der Waals surface area contributed by atoms with Crippen LogP contribution in [0.25, 0.3) is 0 Å². The molecule has 0 aliphatic rings. The van der Waals surface area contributed by atoms with E-state index >= 15 is 0 Å². The number of benzene rings is 1. The summed E-state index contributed by atoms with van der Waals surface area (Å²) in [5.74, 6) is -0.746. The molecular weight excluding hydrogens is 325 g/mol. The molecule has 22 heavy (non-hydrogen) atoms. The smallest absolute Gasteiger partial charge is 0.303 e. The Bertz CT molecular complexity index is 506. The molecule has 1 rings (SSSR count). The van der Waals surface area contributed by atoms with Crippen molar-refractivity contribution in [2.45, 2.75) is 44.9 Å². The minimum atomic E-state index is -0.772. The van der Waals surface area contributed by atoms with Crippen molar-refractivity contribution in [3.8, 4) is 0 Å². The maximum absolute atomic E-state index is 11.6. The quantitative estimate of drug-likeness (QED) is 0.628. The van der Waals surface area contributed by atoms with Gasteiger partial charge < -0.3 is 10.4 Å². The number of hydrogen-bond acceptors (Lipinski definition) is 2. The fraction of sp³-hybridized carbons (Fsp3) is 0.500. The van der Waals surface area contributed by atoms with Crippen molar-refractivity contribution in [3.63, 3.8) is 0 Å². The standard InChI is InChI=1S/C16H21Cl2NO3/c17-13-9-8-12(11-14(13)18)5-4-6-15(20)19-10-3-1-2-7-16(21)22/h8-9,11H,1-7,10H2,(H,19,20)(H,21,22). The Balaban J connectivity index is 2.08. The zero-order chi connectivity index (χ0) is 16.4. The number of aryl methyl sites for hydroxylation is 1. The van der Waals surface area contributed by atoms with E-state index in [-0.39, 0.29) is 12.3 Å². The van der Waals surface area contributed by atoms with E-state index in [9.17, 15) is 9.59 Å². The Labute approximate surface area is 140 Å². The van der Waals surface area contributed by atoms with Crippen molar-refractivity contribution in [3.05, 3.63) is 33.8 Å². The summed E-state index contributed by atoms with van der Waals surface area (Å²) in [6.07, 6.45) is 4.48. The largest absolute Gasteiger partial charge is 0.481 e. The fourth-order valence-corrected chi connectivity index (χ4v) is 2.36. The number of carboxylic acids is 1. The summed E-state index contributed by atoms with van der Waals surface area (Å²) >= 11 is 11.8. The van der Waals surface area contributed by atoms with E-state index in [0.29, 0.717) is 29.4 Å².